The van der Waals surface area contributed by atoms with E-state index < -0.39 is 24.3 Å². The standard InChI is InChI=1S/C13H19BO5/c1-6-16-11(15)9-7-10(17-8-9)14-18-12(2,3)13(4,5)19-14/h7-8H,6H2,1-5H3. The summed E-state index contributed by atoms with van der Waals surface area (Å²) in [6, 6.07) is 1.60. The summed E-state index contributed by atoms with van der Waals surface area (Å²) < 4.78 is 21.9. The Labute approximate surface area is 113 Å². The average Bonchev–Trinajstić information content (AvgIpc) is 2.83. The highest BCUT2D eigenvalue weighted by Crippen LogP contribution is 2.36. The molecule has 1 saturated heterocycles. The van der Waals surface area contributed by atoms with Gasteiger partial charge < -0.3 is 18.5 Å². The molecule has 1 aromatic rings. The highest BCUT2D eigenvalue weighted by Gasteiger charge is 2.53. The third kappa shape index (κ3) is 2.55. The predicted molar refractivity (Wildman–Crippen MR) is 70.4 cm³/mol. The molecule has 0 N–H and O–H groups in total. The van der Waals surface area contributed by atoms with Gasteiger partial charge in [0.1, 0.15) is 11.9 Å². The Kier molecular flexibility index (Phi) is 3.49. The molecule has 5 nitrogen and oxygen atoms in total. The summed E-state index contributed by atoms with van der Waals surface area (Å²) in [5.41, 5.74) is -0.0309. The maximum Gasteiger partial charge on any atom is 0.532 e. The summed E-state index contributed by atoms with van der Waals surface area (Å²) in [4.78, 5) is 11.6. The van der Waals surface area contributed by atoms with Gasteiger partial charge in [-0.05, 0) is 40.7 Å². The molecular weight excluding hydrogens is 247 g/mol. The van der Waals surface area contributed by atoms with Crippen molar-refractivity contribution in [3.05, 3.63) is 17.9 Å². The van der Waals surface area contributed by atoms with Crippen LogP contribution in [0, 0.1) is 0 Å². The summed E-state index contributed by atoms with van der Waals surface area (Å²) in [5.74, 6) is -0.408. The largest absolute Gasteiger partial charge is 0.532 e. The van der Waals surface area contributed by atoms with Gasteiger partial charge in [-0.15, -0.1) is 0 Å². The fourth-order valence-electron chi connectivity index (χ4n) is 1.76. The first-order chi connectivity index (χ1) is 8.77. The van der Waals surface area contributed by atoms with E-state index in [1.54, 1.807) is 13.0 Å². The first-order valence-electron chi connectivity index (χ1n) is 6.38. The first kappa shape index (κ1) is 14.2. The van der Waals surface area contributed by atoms with Crippen LogP contribution in [0.5, 0.6) is 0 Å². The smallest absolute Gasteiger partial charge is 0.472 e. The molecule has 0 saturated carbocycles. The number of carbonyl (C=O) groups excluding carboxylic acids is 1. The molecule has 0 aromatic carbocycles. The summed E-state index contributed by atoms with van der Waals surface area (Å²) in [5, 5.41) is 0. The van der Waals surface area contributed by atoms with Crippen LogP contribution in [-0.4, -0.2) is 30.9 Å². The summed E-state index contributed by atoms with van der Waals surface area (Å²) >= 11 is 0. The molecule has 6 heteroatoms. The van der Waals surface area contributed by atoms with Crippen molar-refractivity contribution in [1.82, 2.24) is 0 Å². The van der Waals surface area contributed by atoms with Crippen molar-refractivity contribution in [3.63, 3.8) is 0 Å². The molecule has 0 atom stereocenters. The van der Waals surface area contributed by atoms with Crippen LogP contribution in [0.2, 0.25) is 0 Å². The Bertz CT molecular complexity index is 461. The van der Waals surface area contributed by atoms with Crippen molar-refractivity contribution in [1.29, 1.82) is 0 Å². The van der Waals surface area contributed by atoms with Gasteiger partial charge in [-0.2, -0.15) is 0 Å². The monoisotopic (exact) mass is 266 g/mol. The molecule has 2 rings (SSSR count). The molecule has 0 unspecified atom stereocenters. The van der Waals surface area contributed by atoms with Crippen LogP contribution in [0.4, 0.5) is 0 Å². The van der Waals surface area contributed by atoms with E-state index >= 15 is 0 Å². The van der Waals surface area contributed by atoms with E-state index in [0.717, 1.165) is 0 Å². The van der Waals surface area contributed by atoms with Crippen LogP contribution in [0.3, 0.4) is 0 Å². The van der Waals surface area contributed by atoms with Crippen molar-refractivity contribution in [2.45, 2.75) is 45.8 Å². The number of ether oxygens (including phenoxy) is 1. The van der Waals surface area contributed by atoms with Crippen molar-refractivity contribution >= 4 is 18.7 Å². The molecule has 1 fully saturated rings. The summed E-state index contributed by atoms with van der Waals surface area (Å²) in [7, 11) is -0.604. The van der Waals surface area contributed by atoms with Gasteiger partial charge in [-0.3, -0.25) is 0 Å². The van der Waals surface area contributed by atoms with Crippen LogP contribution < -0.4 is 5.66 Å². The first-order valence-corrected chi connectivity index (χ1v) is 6.38. The van der Waals surface area contributed by atoms with Crippen LogP contribution in [0.1, 0.15) is 45.0 Å². The van der Waals surface area contributed by atoms with Gasteiger partial charge >= 0.3 is 13.1 Å². The second kappa shape index (κ2) is 4.69. The lowest BCUT2D eigenvalue weighted by atomic mass is 9.86. The lowest BCUT2D eigenvalue weighted by molar-refractivity contribution is 0.00578. The second-order valence-electron chi connectivity index (χ2n) is 5.55. The van der Waals surface area contributed by atoms with Gasteiger partial charge in [-0.1, -0.05) is 0 Å². The number of hydrogen-bond acceptors (Lipinski definition) is 5. The molecule has 0 bridgehead atoms. The molecule has 0 aliphatic carbocycles. The Hall–Kier alpha value is -1.27. The van der Waals surface area contributed by atoms with Crippen LogP contribution in [0.25, 0.3) is 0 Å². The van der Waals surface area contributed by atoms with Gasteiger partial charge in [-0.25, -0.2) is 4.79 Å². The molecule has 1 aliphatic rings. The van der Waals surface area contributed by atoms with Gasteiger partial charge in [0.15, 0.2) is 0 Å². The molecule has 0 amide bonds. The zero-order valence-corrected chi connectivity index (χ0v) is 12.0. The minimum Gasteiger partial charge on any atom is -0.472 e. The third-order valence-electron chi connectivity index (χ3n) is 3.62. The minimum absolute atomic E-state index is 0.329. The zero-order valence-electron chi connectivity index (χ0n) is 12.0. The van der Waals surface area contributed by atoms with Gasteiger partial charge in [0.05, 0.1) is 23.4 Å². The molecular formula is C13H19BO5. The van der Waals surface area contributed by atoms with E-state index in [1.807, 2.05) is 27.7 Å². The van der Waals surface area contributed by atoms with Gasteiger partial charge in [0, 0.05) is 0 Å². The van der Waals surface area contributed by atoms with Gasteiger partial charge in [0.25, 0.3) is 0 Å². The molecule has 0 radical (unpaired) electrons. The van der Waals surface area contributed by atoms with Crippen molar-refractivity contribution in [2.75, 3.05) is 6.61 Å². The van der Waals surface area contributed by atoms with E-state index in [-0.39, 0.29) is 0 Å². The maximum atomic E-state index is 11.6. The van der Waals surface area contributed by atoms with Crippen LogP contribution in [-0.2, 0) is 14.0 Å². The SMILES string of the molecule is CCOC(=O)c1coc(B2OC(C)(C)C(C)(C)O2)c1. The van der Waals surface area contributed by atoms with Crippen LogP contribution >= 0.6 is 0 Å². The summed E-state index contributed by atoms with van der Waals surface area (Å²) in [6.07, 6.45) is 1.36. The molecule has 19 heavy (non-hydrogen) atoms. The molecule has 104 valence electrons. The van der Waals surface area contributed by atoms with E-state index in [4.69, 9.17) is 18.5 Å². The van der Waals surface area contributed by atoms with Crippen molar-refractivity contribution in [3.8, 4) is 0 Å². The number of furan rings is 1. The lowest BCUT2D eigenvalue weighted by Crippen LogP contribution is -2.41. The van der Waals surface area contributed by atoms with Crippen molar-refractivity contribution < 1.29 is 23.3 Å². The zero-order chi connectivity index (χ0) is 14.3. The third-order valence-corrected chi connectivity index (χ3v) is 3.62. The Balaban J connectivity index is 2.15. The van der Waals surface area contributed by atoms with Gasteiger partial charge in [0.2, 0.25) is 0 Å². The van der Waals surface area contributed by atoms with E-state index in [1.165, 1.54) is 6.26 Å². The fourth-order valence-corrected chi connectivity index (χ4v) is 1.76. The van der Waals surface area contributed by atoms with E-state index in [2.05, 4.69) is 0 Å². The lowest BCUT2D eigenvalue weighted by Gasteiger charge is -2.32. The highest BCUT2D eigenvalue weighted by molar-refractivity contribution is 6.60. The number of rotatable bonds is 3. The van der Waals surface area contributed by atoms with E-state index in [9.17, 15) is 4.79 Å². The van der Waals surface area contributed by atoms with E-state index in [0.29, 0.717) is 17.8 Å². The Morgan fingerprint density at radius 1 is 1.26 bits per heavy atom. The summed E-state index contributed by atoms with van der Waals surface area (Å²) in [6.45, 7) is 9.93. The van der Waals surface area contributed by atoms with Crippen LogP contribution in [0.15, 0.2) is 16.7 Å². The minimum atomic E-state index is -0.604. The molecule has 1 aromatic heterocycles. The Morgan fingerprint density at radius 2 is 1.84 bits per heavy atom. The topological polar surface area (TPSA) is 57.9 Å². The molecule has 0 spiro atoms. The normalized spacial score (nSPS) is 20.6. The Morgan fingerprint density at radius 3 is 2.37 bits per heavy atom. The highest BCUT2D eigenvalue weighted by atomic mass is 16.7. The number of esters is 1. The molecule has 2 heterocycles. The quantitative estimate of drug-likeness (QED) is 0.616. The maximum absolute atomic E-state index is 11.6. The fraction of sp³-hybridized carbons (Fsp3) is 0.615. The molecule has 1 aliphatic heterocycles. The predicted octanol–water partition coefficient (Wildman–Crippen LogP) is 1.76. The number of hydrogen-bond donors (Lipinski definition) is 0. The number of carbonyl (C=O) groups is 1. The second-order valence-corrected chi connectivity index (χ2v) is 5.55. The average molecular weight is 266 g/mol. The van der Waals surface area contributed by atoms with Crippen molar-refractivity contribution in [2.24, 2.45) is 0 Å².